The topological polar surface area (TPSA) is 3.24 Å². The van der Waals surface area contributed by atoms with Crippen LogP contribution < -0.4 is 4.90 Å². The summed E-state index contributed by atoms with van der Waals surface area (Å²) < 4.78 is 0. The van der Waals surface area contributed by atoms with E-state index in [-0.39, 0.29) is 5.41 Å². The summed E-state index contributed by atoms with van der Waals surface area (Å²) in [5.41, 5.74) is 16.8. The molecule has 0 aliphatic heterocycles. The van der Waals surface area contributed by atoms with Crippen molar-refractivity contribution in [1.82, 2.24) is 0 Å². The fraction of sp³-hybridized carbons (Fsp3) is 0.0877. The first-order chi connectivity index (χ1) is 28.8. The van der Waals surface area contributed by atoms with Crippen molar-refractivity contribution >= 4 is 38.6 Å². The zero-order valence-electron chi connectivity index (χ0n) is 32.2. The lowest BCUT2D eigenvalue weighted by molar-refractivity contribution is 0.345. The van der Waals surface area contributed by atoms with Crippen molar-refractivity contribution in [1.29, 1.82) is 0 Å². The number of fused-ring (bicyclic) bond motifs is 13. The molecule has 9 aromatic carbocycles. The first kappa shape index (κ1) is 33.2. The Morgan fingerprint density at radius 3 is 1.64 bits per heavy atom. The minimum Gasteiger partial charge on any atom is -0.310 e. The van der Waals surface area contributed by atoms with Gasteiger partial charge < -0.3 is 4.90 Å². The number of benzene rings is 9. The van der Waals surface area contributed by atoms with E-state index in [1.165, 1.54) is 82.9 Å². The van der Waals surface area contributed by atoms with Crippen molar-refractivity contribution in [3.05, 3.63) is 235 Å². The van der Waals surface area contributed by atoms with Crippen molar-refractivity contribution in [3.8, 4) is 33.4 Å². The lowest BCUT2D eigenvalue weighted by Gasteiger charge is -2.38. The zero-order chi connectivity index (χ0) is 38.2. The van der Waals surface area contributed by atoms with Gasteiger partial charge in [-0.15, -0.1) is 0 Å². The molecule has 0 fully saturated rings. The predicted octanol–water partition coefficient (Wildman–Crippen LogP) is 15.2. The molecule has 2 unspecified atom stereocenters. The molecule has 9 aromatic rings. The highest BCUT2D eigenvalue weighted by Gasteiger charge is 2.57. The molecule has 58 heavy (non-hydrogen) atoms. The number of hydrogen-bond donors (Lipinski definition) is 0. The SMILES string of the molecule is C1=CCC2C(C1)c1ccc(N(c3ccc(-c4ccccc4)cc3)c3ccc(-c4ccc5ccc6ccccc6c5c4)cc3)cc1C21c2ccccc2-c2ccccc21. The third-order valence-corrected chi connectivity index (χ3v) is 13.5. The first-order valence-electron chi connectivity index (χ1n) is 20.7. The molecule has 0 amide bonds. The van der Waals surface area contributed by atoms with Crippen LogP contribution in [0.3, 0.4) is 0 Å². The maximum absolute atomic E-state index is 2.56. The molecule has 0 saturated carbocycles. The molecule has 12 rings (SSSR count). The molecule has 1 nitrogen and oxygen atoms in total. The van der Waals surface area contributed by atoms with Gasteiger partial charge in [0.15, 0.2) is 0 Å². The van der Waals surface area contributed by atoms with Crippen LogP contribution in [0.15, 0.2) is 212 Å². The van der Waals surface area contributed by atoms with Gasteiger partial charge in [-0.1, -0.05) is 170 Å². The largest absolute Gasteiger partial charge is 0.310 e. The van der Waals surface area contributed by atoms with E-state index in [9.17, 15) is 0 Å². The van der Waals surface area contributed by atoms with Crippen molar-refractivity contribution < 1.29 is 0 Å². The zero-order valence-corrected chi connectivity index (χ0v) is 32.2. The second-order valence-electron chi connectivity index (χ2n) is 16.3. The highest BCUT2D eigenvalue weighted by atomic mass is 15.1. The fourth-order valence-electron chi connectivity index (χ4n) is 11.0. The second kappa shape index (κ2) is 13.0. The van der Waals surface area contributed by atoms with Crippen LogP contribution in [0, 0.1) is 5.92 Å². The molecule has 0 bridgehead atoms. The van der Waals surface area contributed by atoms with Crippen molar-refractivity contribution in [2.75, 3.05) is 4.90 Å². The summed E-state index contributed by atoms with van der Waals surface area (Å²) in [6.45, 7) is 0. The van der Waals surface area contributed by atoms with Crippen molar-refractivity contribution in [3.63, 3.8) is 0 Å². The molecule has 1 spiro atoms. The highest BCUT2D eigenvalue weighted by molar-refractivity contribution is 6.08. The smallest absolute Gasteiger partial charge is 0.0504 e. The number of rotatable bonds is 5. The molecule has 0 heterocycles. The summed E-state index contributed by atoms with van der Waals surface area (Å²) in [7, 11) is 0. The molecule has 3 aliphatic rings. The number of hydrogen-bond acceptors (Lipinski definition) is 1. The molecule has 2 atom stereocenters. The van der Waals surface area contributed by atoms with Crippen molar-refractivity contribution in [2.45, 2.75) is 24.2 Å². The number of nitrogens with zero attached hydrogens (tertiary/aromatic N) is 1. The Bertz CT molecular complexity index is 3020. The maximum atomic E-state index is 2.56. The average Bonchev–Trinajstić information content (AvgIpc) is 3.77. The highest BCUT2D eigenvalue weighted by Crippen LogP contribution is 2.66. The summed E-state index contributed by atoms with van der Waals surface area (Å²) in [6, 6.07) is 74.9. The molecule has 0 N–H and O–H groups in total. The van der Waals surface area contributed by atoms with Crippen LogP contribution in [0.1, 0.15) is 41.0 Å². The van der Waals surface area contributed by atoms with E-state index in [4.69, 9.17) is 0 Å². The van der Waals surface area contributed by atoms with E-state index >= 15 is 0 Å². The lowest BCUT2D eigenvalue weighted by Crippen LogP contribution is -2.34. The Morgan fingerprint density at radius 2 is 0.914 bits per heavy atom. The molecule has 0 radical (unpaired) electrons. The Hall–Kier alpha value is -6.96. The van der Waals surface area contributed by atoms with Gasteiger partial charge in [0.25, 0.3) is 0 Å². The molecular formula is C57H41N. The van der Waals surface area contributed by atoms with Crippen LogP contribution in [-0.4, -0.2) is 0 Å². The van der Waals surface area contributed by atoms with Crippen LogP contribution in [0.25, 0.3) is 54.9 Å². The van der Waals surface area contributed by atoms with Gasteiger partial charge in [0.1, 0.15) is 0 Å². The fourth-order valence-corrected chi connectivity index (χ4v) is 11.0. The molecular weight excluding hydrogens is 699 g/mol. The number of allylic oxidation sites excluding steroid dienone is 2. The summed E-state index contributed by atoms with van der Waals surface area (Å²) in [5, 5.41) is 5.12. The summed E-state index contributed by atoms with van der Waals surface area (Å²) in [4.78, 5) is 2.47. The Balaban J connectivity index is 1.02. The maximum Gasteiger partial charge on any atom is 0.0504 e. The minimum absolute atomic E-state index is 0.207. The molecule has 1 heteroatoms. The first-order valence-corrected chi connectivity index (χ1v) is 20.7. The van der Waals surface area contributed by atoms with Crippen LogP contribution in [-0.2, 0) is 5.41 Å². The predicted molar refractivity (Wildman–Crippen MR) is 243 cm³/mol. The Morgan fingerprint density at radius 1 is 0.379 bits per heavy atom. The van der Waals surface area contributed by atoms with E-state index in [2.05, 4.69) is 217 Å². The molecule has 274 valence electrons. The number of anilines is 3. The quantitative estimate of drug-likeness (QED) is 0.125. The lowest BCUT2D eigenvalue weighted by atomic mass is 9.64. The van der Waals surface area contributed by atoms with Gasteiger partial charge >= 0.3 is 0 Å². The second-order valence-corrected chi connectivity index (χ2v) is 16.3. The van der Waals surface area contributed by atoms with Gasteiger partial charge in [-0.25, -0.2) is 0 Å². The van der Waals surface area contributed by atoms with Crippen LogP contribution in [0.4, 0.5) is 17.1 Å². The van der Waals surface area contributed by atoms with Gasteiger partial charge in [-0.05, 0) is 144 Å². The Labute approximate surface area is 340 Å². The van der Waals surface area contributed by atoms with Gasteiger partial charge in [0, 0.05) is 17.1 Å². The van der Waals surface area contributed by atoms with Gasteiger partial charge in [0.2, 0.25) is 0 Å². The van der Waals surface area contributed by atoms with Crippen LogP contribution >= 0.6 is 0 Å². The van der Waals surface area contributed by atoms with E-state index in [1.54, 1.807) is 0 Å². The van der Waals surface area contributed by atoms with Gasteiger partial charge in [0.05, 0.1) is 5.41 Å². The van der Waals surface area contributed by atoms with E-state index in [1.807, 2.05) is 0 Å². The normalized spacial score (nSPS) is 16.9. The monoisotopic (exact) mass is 739 g/mol. The molecule has 0 aromatic heterocycles. The third kappa shape index (κ3) is 4.90. The standard InChI is InChI=1S/C57H41N/c1-2-12-38(13-3-1)39-26-30-44(31-27-39)58(45-32-28-40(29-33-45)43-25-24-42-23-22-41-14-4-5-15-47(41)52(42)36-43)46-34-35-51-50-18-8-11-21-55(50)57(56(51)37-46)53-19-9-6-16-48(53)49-17-7-10-20-54(49)57/h1-17,19-20,22-37,50,55H,18,21H2. The van der Waals surface area contributed by atoms with E-state index in [0.717, 1.165) is 24.2 Å². The average molecular weight is 740 g/mol. The van der Waals surface area contributed by atoms with Crippen LogP contribution in [0.5, 0.6) is 0 Å². The van der Waals surface area contributed by atoms with E-state index < -0.39 is 0 Å². The van der Waals surface area contributed by atoms with Gasteiger partial charge in [-0.2, -0.15) is 0 Å². The van der Waals surface area contributed by atoms with Crippen molar-refractivity contribution in [2.24, 2.45) is 5.92 Å². The molecule has 3 aliphatic carbocycles. The van der Waals surface area contributed by atoms with Crippen LogP contribution in [0.2, 0.25) is 0 Å². The minimum atomic E-state index is -0.207. The summed E-state index contributed by atoms with van der Waals surface area (Å²) >= 11 is 0. The summed E-state index contributed by atoms with van der Waals surface area (Å²) in [6.07, 6.45) is 7.03. The van der Waals surface area contributed by atoms with E-state index in [0.29, 0.717) is 11.8 Å². The summed E-state index contributed by atoms with van der Waals surface area (Å²) in [5.74, 6) is 0.940. The third-order valence-electron chi connectivity index (χ3n) is 13.5. The van der Waals surface area contributed by atoms with Gasteiger partial charge in [-0.3, -0.25) is 0 Å². The molecule has 0 saturated heterocycles. The Kier molecular flexibility index (Phi) is 7.47.